The second-order valence-corrected chi connectivity index (χ2v) is 11.9. The standard InChI is InChI=1S/C30H26O3S.C2H4F2O4S/c1-5-20-10-12-21(13-11-20)28-25(18-19-27-29(28)24-8-6-7-9-26(24)34-27)30(32-3,33-4)22-14-16-23(31-2)17-15-22;3-2(4,1-5)9(6,7)8/h5-19H,1H2,2-4H3;5H,1H2,(H,6,7,8). The van der Waals surface area contributed by atoms with E-state index in [9.17, 15) is 17.2 Å². The van der Waals surface area contributed by atoms with E-state index in [-0.39, 0.29) is 0 Å². The van der Waals surface area contributed by atoms with Crippen molar-refractivity contribution in [2.45, 2.75) is 11.0 Å². The molecule has 0 aliphatic carbocycles. The zero-order valence-corrected chi connectivity index (χ0v) is 25.2. The van der Waals surface area contributed by atoms with E-state index in [1.54, 1.807) is 32.7 Å². The molecule has 0 radical (unpaired) electrons. The summed E-state index contributed by atoms with van der Waals surface area (Å²) in [6, 6.07) is 29.2. The first kappa shape index (κ1) is 32.2. The Bertz CT molecular complexity index is 1830. The minimum absolute atomic E-state index is 0.782. The molecule has 2 N–H and O–H groups in total. The largest absolute Gasteiger partial charge is 0.497 e. The molecule has 1 aromatic heterocycles. The summed E-state index contributed by atoms with van der Waals surface area (Å²) >= 11 is 1.80. The molecule has 5 aromatic rings. The molecule has 0 aliphatic heterocycles. The molecule has 226 valence electrons. The third-order valence-corrected chi connectivity index (χ3v) is 8.96. The number of aliphatic hydroxyl groups excluding tert-OH is 1. The van der Waals surface area contributed by atoms with E-state index in [0.717, 1.165) is 33.6 Å². The number of fused-ring (bicyclic) bond motifs is 3. The van der Waals surface area contributed by atoms with E-state index in [2.05, 4.69) is 67.2 Å². The molecule has 4 aromatic carbocycles. The highest BCUT2D eigenvalue weighted by atomic mass is 32.2. The average molecular weight is 629 g/mol. The van der Waals surface area contributed by atoms with Crippen molar-refractivity contribution in [3.8, 4) is 16.9 Å². The van der Waals surface area contributed by atoms with Gasteiger partial charge in [-0.3, -0.25) is 4.55 Å². The van der Waals surface area contributed by atoms with Crippen LogP contribution in [0.5, 0.6) is 5.75 Å². The van der Waals surface area contributed by atoms with Crippen molar-refractivity contribution < 1.29 is 41.1 Å². The minimum Gasteiger partial charge on any atom is -0.497 e. The van der Waals surface area contributed by atoms with Crippen molar-refractivity contribution in [1.29, 1.82) is 0 Å². The summed E-state index contributed by atoms with van der Waals surface area (Å²) < 4.78 is 70.1. The normalized spacial score (nSPS) is 12.2. The number of hydrogen-bond acceptors (Lipinski definition) is 7. The summed E-state index contributed by atoms with van der Waals surface area (Å²) in [5, 5.41) is 5.63. The van der Waals surface area contributed by atoms with Crippen LogP contribution in [0.15, 0.2) is 91.5 Å². The van der Waals surface area contributed by atoms with Crippen LogP contribution in [0.1, 0.15) is 16.7 Å². The summed E-state index contributed by atoms with van der Waals surface area (Å²) in [5.74, 6) is -0.319. The van der Waals surface area contributed by atoms with Gasteiger partial charge in [0.1, 0.15) is 12.4 Å². The zero-order chi connectivity index (χ0) is 31.4. The van der Waals surface area contributed by atoms with Crippen LogP contribution in [0.25, 0.3) is 37.4 Å². The zero-order valence-electron chi connectivity index (χ0n) is 23.6. The Balaban J connectivity index is 0.000000410. The third kappa shape index (κ3) is 6.19. The maximum atomic E-state index is 11.6. The van der Waals surface area contributed by atoms with Gasteiger partial charge in [-0.25, -0.2) is 0 Å². The number of thiophene rings is 1. The number of aliphatic hydroxyl groups is 1. The van der Waals surface area contributed by atoms with Crippen molar-refractivity contribution in [2.75, 3.05) is 27.9 Å². The van der Waals surface area contributed by atoms with Crippen LogP contribution in [0.4, 0.5) is 8.78 Å². The van der Waals surface area contributed by atoms with Crippen LogP contribution in [0.2, 0.25) is 0 Å². The molecular formula is C32H30F2O7S2. The van der Waals surface area contributed by atoms with Gasteiger partial charge in [-0.15, -0.1) is 11.3 Å². The molecule has 0 saturated heterocycles. The van der Waals surface area contributed by atoms with E-state index in [0.29, 0.717) is 0 Å². The quantitative estimate of drug-likeness (QED) is 0.130. The number of halogens is 2. The molecule has 11 heteroatoms. The Labute approximate surface area is 252 Å². The third-order valence-electron chi connectivity index (χ3n) is 6.94. The fourth-order valence-corrected chi connectivity index (χ4v) is 6.04. The minimum atomic E-state index is -5.44. The first-order chi connectivity index (χ1) is 20.5. The SMILES string of the molecule is C=Cc1ccc(-c2c(C(OC)(OC)c3ccc(OC)cc3)ccc3sc4ccccc4c23)cc1.O=S(=O)(O)C(F)(F)CO. The van der Waals surface area contributed by atoms with Gasteiger partial charge < -0.3 is 19.3 Å². The molecule has 5 rings (SSSR count). The summed E-state index contributed by atoms with van der Waals surface area (Å²) in [5.41, 5.74) is 5.12. The molecule has 0 aliphatic rings. The smallest absolute Gasteiger partial charge is 0.392 e. The Hall–Kier alpha value is -3.71. The van der Waals surface area contributed by atoms with E-state index in [4.69, 9.17) is 23.9 Å². The molecule has 0 fully saturated rings. The molecule has 0 unspecified atom stereocenters. The highest BCUT2D eigenvalue weighted by Gasteiger charge is 2.43. The highest BCUT2D eigenvalue weighted by molar-refractivity contribution is 7.86. The van der Waals surface area contributed by atoms with E-state index >= 15 is 0 Å². The predicted octanol–water partition coefficient (Wildman–Crippen LogP) is 7.33. The number of hydrogen-bond donors (Lipinski definition) is 2. The molecule has 0 saturated carbocycles. The molecule has 0 spiro atoms. The van der Waals surface area contributed by atoms with Gasteiger partial charge in [0.05, 0.1) is 7.11 Å². The van der Waals surface area contributed by atoms with Crippen molar-refractivity contribution in [2.24, 2.45) is 0 Å². The van der Waals surface area contributed by atoms with Crippen molar-refractivity contribution in [3.05, 3.63) is 108 Å². The van der Waals surface area contributed by atoms with Crippen molar-refractivity contribution in [1.82, 2.24) is 0 Å². The van der Waals surface area contributed by atoms with Crippen LogP contribution in [-0.4, -0.2) is 51.3 Å². The highest BCUT2D eigenvalue weighted by Crippen LogP contribution is 2.47. The van der Waals surface area contributed by atoms with Crippen LogP contribution in [-0.2, 0) is 25.4 Å². The number of benzene rings is 4. The summed E-state index contributed by atoms with van der Waals surface area (Å²) in [4.78, 5) is 0. The Kier molecular flexibility index (Phi) is 9.65. The topological polar surface area (TPSA) is 102 Å². The lowest BCUT2D eigenvalue weighted by atomic mass is 9.86. The maximum Gasteiger partial charge on any atom is 0.392 e. The maximum absolute atomic E-state index is 11.6. The van der Waals surface area contributed by atoms with Crippen LogP contribution in [0, 0.1) is 0 Å². The Morgan fingerprint density at radius 2 is 1.51 bits per heavy atom. The van der Waals surface area contributed by atoms with Gasteiger partial charge in [0.2, 0.25) is 5.79 Å². The second kappa shape index (κ2) is 12.9. The van der Waals surface area contributed by atoms with Crippen LogP contribution < -0.4 is 4.74 Å². The monoisotopic (exact) mass is 628 g/mol. The molecule has 1 heterocycles. The molecular weight excluding hydrogens is 598 g/mol. The first-order valence-corrected chi connectivity index (χ1v) is 15.1. The Morgan fingerprint density at radius 3 is 2.02 bits per heavy atom. The first-order valence-electron chi connectivity index (χ1n) is 12.8. The van der Waals surface area contributed by atoms with E-state index < -0.39 is 27.8 Å². The van der Waals surface area contributed by atoms with E-state index in [1.165, 1.54) is 20.2 Å². The van der Waals surface area contributed by atoms with Gasteiger partial charge in [-0.1, -0.05) is 61.2 Å². The molecule has 0 amide bonds. The van der Waals surface area contributed by atoms with Gasteiger partial charge in [0, 0.05) is 45.5 Å². The van der Waals surface area contributed by atoms with E-state index in [1.807, 2.05) is 30.3 Å². The summed E-state index contributed by atoms with van der Waals surface area (Å²) in [7, 11) is -0.396. The molecule has 0 atom stereocenters. The Morgan fingerprint density at radius 1 is 0.884 bits per heavy atom. The van der Waals surface area contributed by atoms with Gasteiger partial charge in [0.25, 0.3) is 0 Å². The average Bonchev–Trinajstić information content (AvgIpc) is 3.41. The van der Waals surface area contributed by atoms with Crippen LogP contribution in [0.3, 0.4) is 0 Å². The lowest BCUT2D eigenvalue weighted by Crippen LogP contribution is -2.33. The van der Waals surface area contributed by atoms with Crippen molar-refractivity contribution in [3.63, 3.8) is 0 Å². The molecule has 7 nitrogen and oxygen atoms in total. The molecule has 43 heavy (non-hydrogen) atoms. The second-order valence-electron chi connectivity index (χ2n) is 9.31. The van der Waals surface area contributed by atoms with Gasteiger partial charge in [-0.2, -0.15) is 17.2 Å². The van der Waals surface area contributed by atoms with Gasteiger partial charge in [-0.05, 0) is 53.1 Å². The van der Waals surface area contributed by atoms with Gasteiger partial charge in [0.15, 0.2) is 0 Å². The summed E-state index contributed by atoms with van der Waals surface area (Å²) in [6.45, 7) is 1.99. The lowest BCUT2D eigenvalue weighted by molar-refractivity contribution is -0.183. The number of alkyl halides is 2. The summed E-state index contributed by atoms with van der Waals surface area (Å²) in [6.07, 6.45) is 1.86. The lowest BCUT2D eigenvalue weighted by Gasteiger charge is -2.34. The van der Waals surface area contributed by atoms with Crippen molar-refractivity contribution >= 4 is 47.7 Å². The predicted molar refractivity (Wildman–Crippen MR) is 166 cm³/mol. The number of rotatable bonds is 9. The van der Waals surface area contributed by atoms with Crippen LogP contribution >= 0.6 is 11.3 Å². The number of methoxy groups -OCH3 is 3. The fraction of sp³-hybridized carbons (Fsp3) is 0.188. The number of ether oxygens (including phenoxy) is 3. The fourth-order valence-electron chi connectivity index (χ4n) is 4.76. The van der Waals surface area contributed by atoms with Gasteiger partial charge >= 0.3 is 15.4 Å². The molecule has 0 bridgehead atoms.